The molecule has 0 saturated heterocycles. The van der Waals surface area contributed by atoms with Crippen molar-refractivity contribution in [2.75, 3.05) is 32.6 Å². The smallest absolute Gasteiger partial charge is 0.223 e. The Bertz CT molecular complexity index is 542. The predicted octanol–water partition coefficient (Wildman–Crippen LogP) is 2.31. The topological polar surface area (TPSA) is 62.6 Å². The molecule has 0 bridgehead atoms. The summed E-state index contributed by atoms with van der Waals surface area (Å²) in [6.07, 6.45) is 0.832. The van der Waals surface area contributed by atoms with Crippen LogP contribution in [0.4, 0.5) is 0 Å². The van der Waals surface area contributed by atoms with Crippen LogP contribution in [-0.4, -0.2) is 43.4 Å². The zero-order valence-electron chi connectivity index (χ0n) is 12.0. The molecule has 1 aliphatic heterocycles. The maximum absolute atomic E-state index is 11.8. The predicted molar refractivity (Wildman–Crippen MR) is 80.6 cm³/mol. The Kier molecular flexibility index (Phi) is 5.76. The van der Waals surface area contributed by atoms with Gasteiger partial charge in [-0.3, -0.25) is 4.79 Å². The summed E-state index contributed by atoms with van der Waals surface area (Å²) in [6.45, 7) is 1.65. The van der Waals surface area contributed by atoms with Gasteiger partial charge in [-0.2, -0.15) is 5.26 Å². The van der Waals surface area contributed by atoms with E-state index >= 15 is 0 Å². The Hall–Kier alpha value is -1.87. The highest BCUT2D eigenvalue weighted by Gasteiger charge is 2.12. The molecule has 2 rings (SSSR count). The van der Waals surface area contributed by atoms with E-state index in [4.69, 9.17) is 14.7 Å². The zero-order chi connectivity index (χ0) is 15.1. The number of carbonyl (C=O) groups excluding carboxylic acids is 1. The summed E-state index contributed by atoms with van der Waals surface area (Å²) in [5.74, 6) is 2.31. The fourth-order valence-corrected chi connectivity index (χ4v) is 2.77. The first-order valence-corrected chi connectivity index (χ1v) is 7.82. The highest BCUT2D eigenvalue weighted by Crippen LogP contribution is 2.34. The molecule has 0 fully saturated rings. The van der Waals surface area contributed by atoms with Gasteiger partial charge in [0.25, 0.3) is 0 Å². The van der Waals surface area contributed by atoms with E-state index in [0.29, 0.717) is 38.4 Å². The molecular weight excluding hydrogens is 288 g/mol. The molecule has 1 amide bonds. The quantitative estimate of drug-likeness (QED) is 0.755. The van der Waals surface area contributed by atoms with Gasteiger partial charge < -0.3 is 14.4 Å². The van der Waals surface area contributed by atoms with E-state index < -0.39 is 0 Å². The lowest BCUT2D eigenvalue weighted by Gasteiger charge is -2.19. The summed E-state index contributed by atoms with van der Waals surface area (Å²) in [6, 6.07) is 7.86. The van der Waals surface area contributed by atoms with Gasteiger partial charge >= 0.3 is 0 Å². The first-order valence-electron chi connectivity index (χ1n) is 6.84. The SMILES string of the molecule is CN(CCC#N)C(=O)CCSc1ccc2c(c1)OCCO2. The molecule has 0 atom stereocenters. The molecule has 0 radical (unpaired) electrons. The molecule has 1 aromatic carbocycles. The van der Waals surface area contributed by atoms with Crippen molar-refractivity contribution in [2.45, 2.75) is 17.7 Å². The number of carbonyl (C=O) groups is 1. The molecule has 1 aromatic rings. The number of thioether (sulfide) groups is 1. The Balaban J connectivity index is 1.78. The van der Waals surface area contributed by atoms with Crippen LogP contribution in [0.1, 0.15) is 12.8 Å². The number of nitriles is 1. The minimum absolute atomic E-state index is 0.0651. The highest BCUT2D eigenvalue weighted by molar-refractivity contribution is 7.99. The molecule has 0 aromatic heterocycles. The van der Waals surface area contributed by atoms with Crippen LogP contribution in [0.3, 0.4) is 0 Å². The fourth-order valence-electron chi connectivity index (χ4n) is 1.90. The van der Waals surface area contributed by atoms with Crippen molar-refractivity contribution in [1.29, 1.82) is 5.26 Å². The molecule has 0 aliphatic carbocycles. The van der Waals surface area contributed by atoms with Gasteiger partial charge in [0.1, 0.15) is 13.2 Å². The standard InChI is InChI=1S/C15H18N2O3S/c1-17(7-2-6-16)15(18)5-10-21-12-3-4-13-14(11-12)20-9-8-19-13/h3-4,11H,2,5,7-10H2,1H3. The number of ether oxygens (including phenoxy) is 2. The molecule has 0 saturated carbocycles. The van der Waals surface area contributed by atoms with Crippen LogP contribution in [0.2, 0.25) is 0 Å². The third-order valence-electron chi connectivity index (χ3n) is 3.08. The van der Waals surface area contributed by atoms with E-state index in [0.717, 1.165) is 16.4 Å². The zero-order valence-corrected chi connectivity index (χ0v) is 12.8. The second kappa shape index (κ2) is 7.79. The number of nitrogens with zero attached hydrogens (tertiary/aromatic N) is 2. The van der Waals surface area contributed by atoms with Crippen molar-refractivity contribution in [3.8, 4) is 17.6 Å². The van der Waals surface area contributed by atoms with Crippen LogP contribution in [0, 0.1) is 11.3 Å². The van der Waals surface area contributed by atoms with Crippen LogP contribution in [-0.2, 0) is 4.79 Å². The normalized spacial score (nSPS) is 12.6. The number of amides is 1. The van der Waals surface area contributed by atoms with Gasteiger partial charge in [0.15, 0.2) is 11.5 Å². The number of benzene rings is 1. The Morgan fingerprint density at radius 1 is 1.38 bits per heavy atom. The molecule has 0 unspecified atom stereocenters. The lowest BCUT2D eigenvalue weighted by molar-refractivity contribution is -0.129. The first kappa shape index (κ1) is 15.5. The third kappa shape index (κ3) is 4.57. The second-order valence-electron chi connectivity index (χ2n) is 4.63. The van der Waals surface area contributed by atoms with Gasteiger partial charge in [0.05, 0.1) is 12.5 Å². The van der Waals surface area contributed by atoms with Gasteiger partial charge in [0, 0.05) is 30.7 Å². The fraction of sp³-hybridized carbons (Fsp3) is 0.467. The van der Waals surface area contributed by atoms with Crippen molar-refractivity contribution < 1.29 is 14.3 Å². The summed E-state index contributed by atoms with van der Waals surface area (Å²) in [7, 11) is 1.73. The third-order valence-corrected chi connectivity index (χ3v) is 4.08. The summed E-state index contributed by atoms with van der Waals surface area (Å²) in [5.41, 5.74) is 0. The lowest BCUT2D eigenvalue weighted by Crippen LogP contribution is -2.27. The number of rotatable bonds is 6. The van der Waals surface area contributed by atoms with Crippen LogP contribution in [0.5, 0.6) is 11.5 Å². The summed E-state index contributed by atoms with van der Waals surface area (Å²) in [4.78, 5) is 14.5. The molecule has 1 aliphatic rings. The van der Waals surface area contributed by atoms with Crippen molar-refractivity contribution >= 4 is 17.7 Å². The largest absolute Gasteiger partial charge is 0.486 e. The summed E-state index contributed by atoms with van der Waals surface area (Å²) < 4.78 is 11.0. The van der Waals surface area contributed by atoms with Crippen molar-refractivity contribution in [3.05, 3.63) is 18.2 Å². The van der Waals surface area contributed by atoms with Gasteiger partial charge in [0.2, 0.25) is 5.91 Å². The van der Waals surface area contributed by atoms with E-state index in [2.05, 4.69) is 0 Å². The van der Waals surface area contributed by atoms with Crippen LogP contribution in [0.25, 0.3) is 0 Å². The molecule has 112 valence electrons. The average Bonchev–Trinajstić information content (AvgIpc) is 2.52. The molecular formula is C15H18N2O3S. The van der Waals surface area contributed by atoms with Crippen LogP contribution >= 0.6 is 11.8 Å². The highest BCUT2D eigenvalue weighted by atomic mass is 32.2. The second-order valence-corrected chi connectivity index (χ2v) is 5.80. The van der Waals surface area contributed by atoms with Gasteiger partial charge in [-0.25, -0.2) is 0 Å². The molecule has 1 heterocycles. The molecule has 21 heavy (non-hydrogen) atoms. The average molecular weight is 306 g/mol. The van der Waals surface area contributed by atoms with Crippen LogP contribution in [0.15, 0.2) is 23.1 Å². The molecule has 5 nitrogen and oxygen atoms in total. The van der Waals surface area contributed by atoms with Gasteiger partial charge in [-0.15, -0.1) is 11.8 Å². The first-order chi connectivity index (χ1) is 10.2. The maximum atomic E-state index is 11.8. The van der Waals surface area contributed by atoms with E-state index in [1.54, 1.807) is 23.7 Å². The number of fused-ring (bicyclic) bond motifs is 1. The molecule has 0 spiro atoms. The molecule has 6 heteroatoms. The van der Waals surface area contributed by atoms with E-state index in [9.17, 15) is 4.79 Å². The van der Waals surface area contributed by atoms with E-state index in [1.807, 2.05) is 24.3 Å². The summed E-state index contributed by atoms with van der Waals surface area (Å²) >= 11 is 1.61. The van der Waals surface area contributed by atoms with E-state index in [1.165, 1.54) is 0 Å². The van der Waals surface area contributed by atoms with Gasteiger partial charge in [-0.1, -0.05) is 0 Å². The Labute approximate surface area is 128 Å². The molecule has 0 N–H and O–H groups in total. The Morgan fingerprint density at radius 3 is 2.90 bits per heavy atom. The van der Waals surface area contributed by atoms with Crippen LogP contribution < -0.4 is 9.47 Å². The maximum Gasteiger partial charge on any atom is 0.223 e. The lowest BCUT2D eigenvalue weighted by atomic mass is 10.3. The number of hydrogen-bond donors (Lipinski definition) is 0. The monoisotopic (exact) mass is 306 g/mol. The minimum Gasteiger partial charge on any atom is -0.486 e. The van der Waals surface area contributed by atoms with E-state index in [-0.39, 0.29) is 5.91 Å². The summed E-state index contributed by atoms with van der Waals surface area (Å²) in [5, 5.41) is 8.50. The van der Waals surface area contributed by atoms with Crippen molar-refractivity contribution in [3.63, 3.8) is 0 Å². The van der Waals surface area contributed by atoms with Crippen molar-refractivity contribution in [2.24, 2.45) is 0 Å². The van der Waals surface area contributed by atoms with Crippen molar-refractivity contribution in [1.82, 2.24) is 4.90 Å². The minimum atomic E-state index is 0.0651. The Morgan fingerprint density at radius 2 is 2.14 bits per heavy atom. The number of hydrogen-bond acceptors (Lipinski definition) is 5. The van der Waals surface area contributed by atoms with Gasteiger partial charge in [-0.05, 0) is 18.2 Å².